The molecular formula is C24H23N3O5S. The van der Waals surface area contributed by atoms with E-state index >= 15 is 0 Å². The third-order valence-electron chi connectivity index (χ3n) is 5.10. The van der Waals surface area contributed by atoms with Gasteiger partial charge in [-0.3, -0.25) is 4.79 Å². The number of methoxy groups -OCH3 is 2. The minimum absolute atomic E-state index is 0.163. The number of aryl methyl sites for hydroxylation is 1. The summed E-state index contributed by atoms with van der Waals surface area (Å²) in [7, 11) is 3.14. The van der Waals surface area contributed by atoms with E-state index in [0.29, 0.717) is 39.7 Å². The third-order valence-corrected chi connectivity index (χ3v) is 5.73. The van der Waals surface area contributed by atoms with Crippen LogP contribution in [0.1, 0.15) is 33.4 Å². The van der Waals surface area contributed by atoms with Gasteiger partial charge in [0.15, 0.2) is 5.78 Å². The molecule has 0 fully saturated rings. The molecule has 33 heavy (non-hydrogen) atoms. The second-order valence-electron chi connectivity index (χ2n) is 7.34. The van der Waals surface area contributed by atoms with Crippen LogP contribution in [-0.4, -0.2) is 34.6 Å². The van der Waals surface area contributed by atoms with Gasteiger partial charge in [0.2, 0.25) is 0 Å². The average Bonchev–Trinajstić information content (AvgIpc) is 3.51. The molecule has 170 valence electrons. The van der Waals surface area contributed by atoms with Crippen LogP contribution < -0.4 is 14.8 Å². The summed E-state index contributed by atoms with van der Waals surface area (Å²) in [5.74, 6) is 1.65. The maximum absolute atomic E-state index is 13.8. The normalized spacial score (nSPS) is 11.8. The Balaban J connectivity index is 1.72. The fraction of sp³-hybridized carbons (Fsp3) is 0.208. The molecule has 0 amide bonds. The van der Waals surface area contributed by atoms with Crippen LogP contribution in [0.25, 0.3) is 11.3 Å². The van der Waals surface area contributed by atoms with E-state index < -0.39 is 6.04 Å². The minimum Gasteiger partial charge on any atom is -0.497 e. The highest BCUT2D eigenvalue weighted by molar-refractivity contribution is 7.04. The van der Waals surface area contributed by atoms with E-state index in [4.69, 9.17) is 14.0 Å². The highest BCUT2D eigenvalue weighted by Gasteiger charge is 2.29. The molecule has 4 aromatic rings. The van der Waals surface area contributed by atoms with E-state index in [1.54, 1.807) is 50.8 Å². The minimum atomic E-state index is -0.838. The summed E-state index contributed by atoms with van der Waals surface area (Å²) in [6.07, 6.45) is 0. The zero-order chi connectivity index (χ0) is 23.4. The maximum atomic E-state index is 13.8. The smallest absolute Gasteiger partial charge is 0.194 e. The molecule has 2 heterocycles. The van der Waals surface area contributed by atoms with Gasteiger partial charge in [-0.25, -0.2) is 0 Å². The lowest BCUT2D eigenvalue weighted by atomic mass is 9.98. The maximum Gasteiger partial charge on any atom is 0.194 e. The van der Waals surface area contributed by atoms with Crippen LogP contribution in [0.4, 0.5) is 5.69 Å². The van der Waals surface area contributed by atoms with Crippen LogP contribution in [0.2, 0.25) is 0 Å². The molecule has 0 saturated carbocycles. The summed E-state index contributed by atoms with van der Waals surface area (Å²) in [5, 5.41) is 18.7. The molecule has 0 spiro atoms. The lowest BCUT2D eigenvalue weighted by Crippen LogP contribution is -2.22. The Labute approximate surface area is 194 Å². The molecule has 1 atom stereocenters. The molecule has 2 N–H and O–H groups in total. The first kappa shape index (κ1) is 22.5. The fourth-order valence-corrected chi connectivity index (χ4v) is 4.13. The zero-order valence-corrected chi connectivity index (χ0v) is 19.2. The van der Waals surface area contributed by atoms with Gasteiger partial charge in [0.25, 0.3) is 0 Å². The highest BCUT2D eigenvalue weighted by atomic mass is 32.1. The highest BCUT2D eigenvalue weighted by Crippen LogP contribution is 2.32. The number of carbonyl (C=O) groups is 1. The van der Waals surface area contributed by atoms with E-state index in [1.807, 2.05) is 24.3 Å². The molecule has 0 aliphatic rings. The monoisotopic (exact) mass is 465 g/mol. The largest absolute Gasteiger partial charge is 0.497 e. The van der Waals surface area contributed by atoms with Gasteiger partial charge in [0.05, 0.1) is 32.1 Å². The van der Waals surface area contributed by atoms with Gasteiger partial charge in [-0.15, -0.1) is 0 Å². The first-order valence-electron chi connectivity index (χ1n) is 10.1. The Kier molecular flexibility index (Phi) is 6.71. The number of benzene rings is 2. The predicted molar refractivity (Wildman–Crippen MR) is 125 cm³/mol. The number of hydrogen-bond acceptors (Lipinski definition) is 9. The molecule has 8 nitrogen and oxygen atoms in total. The van der Waals surface area contributed by atoms with E-state index in [9.17, 15) is 9.90 Å². The molecule has 9 heteroatoms. The van der Waals surface area contributed by atoms with Crippen LogP contribution in [-0.2, 0) is 6.61 Å². The van der Waals surface area contributed by atoms with Gasteiger partial charge in [0, 0.05) is 28.8 Å². The summed E-state index contributed by atoms with van der Waals surface area (Å²) in [4.78, 5) is 13.8. The Bertz CT molecular complexity index is 1230. The number of nitrogens with zero attached hydrogens (tertiary/aromatic N) is 2. The second-order valence-corrected chi connectivity index (χ2v) is 7.97. The fourth-order valence-electron chi connectivity index (χ4n) is 3.44. The lowest BCUT2D eigenvalue weighted by Gasteiger charge is -2.18. The first-order chi connectivity index (χ1) is 16.0. The second kappa shape index (κ2) is 9.85. The molecule has 1 unspecified atom stereocenters. The lowest BCUT2D eigenvalue weighted by molar-refractivity contribution is 0.0967. The number of anilines is 1. The summed E-state index contributed by atoms with van der Waals surface area (Å²) in [5.41, 5.74) is 3.55. The zero-order valence-electron chi connectivity index (χ0n) is 18.4. The van der Waals surface area contributed by atoms with Gasteiger partial charge in [-0.05, 0) is 60.4 Å². The number of nitrogens with one attached hydrogen (secondary N) is 1. The topological polar surface area (TPSA) is 107 Å². The molecule has 0 aliphatic carbocycles. The number of carbonyl (C=O) groups excluding carboxylic acids is 1. The SMILES string of the molecule is COc1ccc(-c2nscc2C(=O)C(Nc2cc(CO)cc(OC)c2)c2cc(C)on2)cc1. The molecular weight excluding hydrogens is 442 g/mol. The number of ketones is 1. The molecule has 0 bridgehead atoms. The van der Waals surface area contributed by atoms with Gasteiger partial charge >= 0.3 is 0 Å². The number of aromatic nitrogens is 2. The van der Waals surface area contributed by atoms with Crippen LogP contribution in [0.3, 0.4) is 0 Å². The van der Waals surface area contributed by atoms with E-state index in [0.717, 1.165) is 11.3 Å². The summed E-state index contributed by atoms with van der Waals surface area (Å²) in [6.45, 7) is 1.60. The van der Waals surface area contributed by atoms with Crippen molar-refractivity contribution in [3.8, 4) is 22.8 Å². The van der Waals surface area contributed by atoms with Gasteiger partial charge in [-0.1, -0.05) is 5.16 Å². The van der Waals surface area contributed by atoms with Crippen molar-refractivity contribution in [3.05, 3.63) is 76.5 Å². The number of rotatable bonds is 9. The molecule has 0 saturated heterocycles. The molecule has 0 aliphatic heterocycles. The molecule has 2 aromatic heterocycles. The Morgan fingerprint density at radius 3 is 2.52 bits per heavy atom. The van der Waals surface area contributed by atoms with Crippen molar-refractivity contribution in [2.75, 3.05) is 19.5 Å². The van der Waals surface area contributed by atoms with Crippen molar-refractivity contribution in [1.29, 1.82) is 0 Å². The van der Waals surface area contributed by atoms with Crippen LogP contribution >= 0.6 is 11.5 Å². The van der Waals surface area contributed by atoms with E-state index in [2.05, 4.69) is 14.8 Å². The number of aliphatic hydroxyl groups is 1. The van der Waals surface area contributed by atoms with Gasteiger partial charge in [0.1, 0.15) is 29.0 Å². The van der Waals surface area contributed by atoms with Crippen LogP contribution in [0, 0.1) is 6.92 Å². The molecule has 4 rings (SSSR count). The number of aliphatic hydroxyl groups excluding tert-OH is 1. The van der Waals surface area contributed by atoms with Gasteiger partial charge < -0.3 is 24.4 Å². The molecule has 0 radical (unpaired) electrons. The quantitative estimate of drug-likeness (QED) is 0.344. The first-order valence-corrected chi connectivity index (χ1v) is 11.0. The van der Waals surface area contributed by atoms with Crippen molar-refractivity contribution < 1.29 is 23.9 Å². The third kappa shape index (κ3) is 4.89. The van der Waals surface area contributed by atoms with Crippen molar-refractivity contribution >= 4 is 23.0 Å². The van der Waals surface area contributed by atoms with Crippen molar-refractivity contribution in [1.82, 2.24) is 9.53 Å². The number of ether oxygens (including phenoxy) is 2. The van der Waals surface area contributed by atoms with Gasteiger partial charge in [-0.2, -0.15) is 4.37 Å². The summed E-state index contributed by atoms with van der Waals surface area (Å²) >= 11 is 1.21. The molecule has 2 aromatic carbocycles. The Morgan fingerprint density at radius 2 is 1.88 bits per heavy atom. The Hall–Kier alpha value is -3.69. The van der Waals surface area contributed by atoms with Crippen LogP contribution in [0.15, 0.2) is 58.4 Å². The number of hydrogen-bond donors (Lipinski definition) is 2. The Morgan fingerprint density at radius 1 is 1.12 bits per heavy atom. The number of Topliss-reactive ketones (excluding diaryl/α,β-unsaturated/α-hetero) is 1. The summed E-state index contributed by atoms with van der Waals surface area (Å²) in [6, 6.07) is 13.5. The predicted octanol–water partition coefficient (Wildman–Crippen LogP) is 4.65. The van der Waals surface area contributed by atoms with Crippen molar-refractivity contribution in [3.63, 3.8) is 0 Å². The van der Waals surface area contributed by atoms with Crippen LogP contribution in [0.5, 0.6) is 11.5 Å². The van der Waals surface area contributed by atoms with E-state index in [-0.39, 0.29) is 12.4 Å². The van der Waals surface area contributed by atoms with Crippen molar-refractivity contribution in [2.24, 2.45) is 0 Å². The van der Waals surface area contributed by atoms with Crippen molar-refractivity contribution in [2.45, 2.75) is 19.6 Å². The van der Waals surface area contributed by atoms with E-state index in [1.165, 1.54) is 11.5 Å². The standard InChI is InChI=1S/C24H23N3O5S/c1-14-8-21(26-32-14)23(25-17-9-15(12-28)10-19(11-17)31-3)24(29)20-13-33-27-22(20)16-4-6-18(30-2)7-5-16/h4-11,13,23,25,28H,12H2,1-3H3. The summed E-state index contributed by atoms with van der Waals surface area (Å²) < 4.78 is 20.3. The average molecular weight is 466 g/mol.